The van der Waals surface area contributed by atoms with Crippen LogP contribution in [-0.2, 0) is 26.0 Å². The third kappa shape index (κ3) is 3.98. The molecule has 29 heavy (non-hydrogen) atoms. The topological polar surface area (TPSA) is 92.8 Å². The lowest BCUT2D eigenvalue weighted by Gasteiger charge is -2.20. The fraction of sp³-hybridized carbons (Fsp3) is 0.333. The maximum absolute atomic E-state index is 13.1. The number of amides is 1. The van der Waals surface area contributed by atoms with Crippen LogP contribution < -0.4 is 9.62 Å². The van der Waals surface area contributed by atoms with E-state index in [1.165, 1.54) is 35.5 Å². The molecule has 8 heteroatoms. The Morgan fingerprint density at radius 2 is 1.90 bits per heavy atom. The Morgan fingerprint density at radius 1 is 1.14 bits per heavy atom. The summed E-state index contributed by atoms with van der Waals surface area (Å²) in [6.45, 7) is 1.85. The number of carbonyl (C=O) groups excluding carboxylic acids is 2. The molecule has 4 rings (SSSR count). The van der Waals surface area contributed by atoms with Crippen LogP contribution >= 0.6 is 0 Å². The van der Waals surface area contributed by atoms with Crippen LogP contribution in [-0.4, -0.2) is 39.0 Å². The fourth-order valence-electron chi connectivity index (χ4n) is 3.30. The van der Waals surface area contributed by atoms with Gasteiger partial charge in [-0.25, -0.2) is 13.2 Å². The largest absolute Gasteiger partial charge is 0.449 e. The van der Waals surface area contributed by atoms with E-state index >= 15 is 0 Å². The normalized spacial score (nSPS) is 16.8. The summed E-state index contributed by atoms with van der Waals surface area (Å²) in [5, 5.41) is 2.77. The van der Waals surface area contributed by atoms with E-state index in [0.717, 1.165) is 18.4 Å². The number of esters is 1. The Morgan fingerprint density at radius 3 is 2.66 bits per heavy atom. The number of nitrogens with one attached hydrogen (secondary N) is 1. The van der Waals surface area contributed by atoms with Gasteiger partial charge >= 0.3 is 5.97 Å². The number of sulfonamides is 1. The fourth-order valence-corrected chi connectivity index (χ4v) is 4.85. The molecule has 7 nitrogen and oxygen atoms in total. The molecule has 0 radical (unpaired) electrons. The van der Waals surface area contributed by atoms with Gasteiger partial charge in [0.15, 0.2) is 6.10 Å². The Bertz CT molecular complexity index is 1060. The number of nitrogens with zero attached hydrogens (tertiary/aromatic N) is 1. The van der Waals surface area contributed by atoms with Crippen molar-refractivity contribution in [3.8, 4) is 0 Å². The highest BCUT2D eigenvalue weighted by Crippen LogP contribution is 2.32. The number of benzene rings is 2. The number of rotatable bonds is 6. The van der Waals surface area contributed by atoms with Gasteiger partial charge in [0.1, 0.15) is 0 Å². The van der Waals surface area contributed by atoms with Gasteiger partial charge in [-0.15, -0.1) is 0 Å². The zero-order valence-corrected chi connectivity index (χ0v) is 16.8. The summed E-state index contributed by atoms with van der Waals surface area (Å²) in [6.07, 6.45) is 1.57. The van der Waals surface area contributed by atoms with Crippen molar-refractivity contribution in [2.24, 2.45) is 0 Å². The molecule has 1 fully saturated rings. The van der Waals surface area contributed by atoms with E-state index in [4.69, 9.17) is 4.74 Å². The summed E-state index contributed by atoms with van der Waals surface area (Å²) >= 11 is 0. The molecule has 1 amide bonds. The van der Waals surface area contributed by atoms with Crippen molar-refractivity contribution in [2.75, 3.05) is 10.8 Å². The zero-order valence-electron chi connectivity index (χ0n) is 16.0. The molecule has 1 atom stereocenters. The van der Waals surface area contributed by atoms with E-state index in [1.807, 2.05) is 12.1 Å². The van der Waals surface area contributed by atoms with Crippen LogP contribution in [0.4, 0.5) is 5.69 Å². The first-order valence-electron chi connectivity index (χ1n) is 9.58. The van der Waals surface area contributed by atoms with Crippen LogP contribution in [0.3, 0.4) is 0 Å². The first-order chi connectivity index (χ1) is 13.9. The highest BCUT2D eigenvalue weighted by molar-refractivity contribution is 7.92. The molecule has 1 N–H and O–H groups in total. The van der Waals surface area contributed by atoms with Gasteiger partial charge in [0.2, 0.25) is 0 Å². The summed E-state index contributed by atoms with van der Waals surface area (Å²) in [4.78, 5) is 24.4. The van der Waals surface area contributed by atoms with Gasteiger partial charge in [0.05, 0.1) is 16.1 Å². The van der Waals surface area contributed by atoms with Crippen molar-refractivity contribution in [1.29, 1.82) is 0 Å². The SMILES string of the molecule is C[C@@H](OC(=O)c1cccc(S(=O)(=O)N2CCc3ccccc32)c1)C(=O)NC1CC1. The second kappa shape index (κ2) is 7.51. The minimum Gasteiger partial charge on any atom is -0.449 e. The summed E-state index contributed by atoms with van der Waals surface area (Å²) in [6, 6.07) is 13.3. The minimum atomic E-state index is -3.81. The van der Waals surface area contributed by atoms with Gasteiger partial charge in [-0.05, 0) is 56.0 Å². The molecule has 1 heterocycles. The maximum atomic E-state index is 13.1. The molecule has 1 saturated carbocycles. The molecule has 152 valence electrons. The molecule has 1 aliphatic heterocycles. The Balaban J connectivity index is 1.52. The van der Waals surface area contributed by atoms with E-state index < -0.39 is 22.1 Å². The molecule has 0 unspecified atom stereocenters. The molecule has 2 aromatic carbocycles. The Hall–Kier alpha value is -2.87. The van der Waals surface area contributed by atoms with Crippen LogP contribution in [0.15, 0.2) is 53.4 Å². The molecule has 1 aliphatic carbocycles. The maximum Gasteiger partial charge on any atom is 0.338 e. The van der Waals surface area contributed by atoms with Crippen LogP contribution in [0.2, 0.25) is 0 Å². The molecule has 0 bridgehead atoms. The van der Waals surface area contributed by atoms with Gasteiger partial charge in [-0.2, -0.15) is 0 Å². The summed E-state index contributed by atoms with van der Waals surface area (Å²) < 4.78 is 32.9. The predicted octanol–water partition coefficient (Wildman–Crippen LogP) is 2.26. The van der Waals surface area contributed by atoms with Gasteiger partial charge in [-0.3, -0.25) is 9.10 Å². The minimum absolute atomic E-state index is 0.0127. The summed E-state index contributed by atoms with van der Waals surface area (Å²) in [5.41, 5.74) is 1.72. The van der Waals surface area contributed by atoms with Crippen LogP contribution in [0.1, 0.15) is 35.7 Å². The smallest absolute Gasteiger partial charge is 0.338 e. The first kappa shape index (κ1) is 19.4. The second-order valence-electron chi connectivity index (χ2n) is 7.31. The monoisotopic (exact) mass is 414 g/mol. The molecule has 0 aromatic heterocycles. The first-order valence-corrected chi connectivity index (χ1v) is 11.0. The van der Waals surface area contributed by atoms with E-state index in [-0.39, 0.29) is 22.4 Å². The number of hydrogen-bond acceptors (Lipinski definition) is 5. The van der Waals surface area contributed by atoms with Gasteiger partial charge in [-0.1, -0.05) is 24.3 Å². The van der Waals surface area contributed by atoms with Crippen molar-refractivity contribution < 1.29 is 22.7 Å². The predicted molar refractivity (Wildman–Crippen MR) is 107 cm³/mol. The lowest BCUT2D eigenvalue weighted by molar-refractivity contribution is -0.129. The van der Waals surface area contributed by atoms with Crippen molar-refractivity contribution in [2.45, 2.75) is 43.2 Å². The average Bonchev–Trinajstić information content (AvgIpc) is 3.42. The Labute approximate surface area is 169 Å². The number of hydrogen-bond donors (Lipinski definition) is 1. The standard InChI is InChI=1S/C21H22N2O5S/c1-14(20(24)22-17-9-10-17)28-21(25)16-6-4-7-18(13-16)29(26,27)23-12-11-15-5-2-3-8-19(15)23/h2-8,13-14,17H,9-12H2,1H3,(H,22,24)/t14-/m1/s1. The zero-order chi connectivity index (χ0) is 20.6. The molecular weight excluding hydrogens is 392 g/mol. The number of carbonyl (C=O) groups is 2. The molecule has 0 spiro atoms. The van der Waals surface area contributed by atoms with E-state index in [0.29, 0.717) is 18.7 Å². The summed E-state index contributed by atoms with van der Waals surface area (Å²) in [7, 11) is -3.81. The van der Waals surface area contributed by atoms with Crippen LogP contribution in [0.5, 0.6) is 0 Å². The molecular formula is C21H22N2O5S. The number of anilines is 1. The second-order valence-corrected chi connectivity index (χ2v) is 9.18. The lowest BCUT2D eigenvalue weighted by atomic mass is 10.2. The average molecular weight is 414 g/mol. The van der Waals surface area contributed by atoms with Gasteiger partial charge in [0, 0.05) is 12.6 Å². The van der Waals surface area contributed by atoms with Crippen LogP contribution in [0, 0.1) is 0 Å². The third-order valence-electron chi connectivity index (χ3n) is 5.08. The van der Waals surface area contributed by atoms with E-state index in [2.05, 4.69) is 5.32 Å². The highest BCUT2D eigenvalue weighted by Gasteiger charge is 2.31. The Kier molecular flexibility index (Phi) is 5.04. The van der Waals surface area contributed by atoms with Crippen molar-refractivity contribution >= 4 is 27.6 Å². The molecule has 0 saturated heterocycles. The van der Waals surface area contributed by atoms with Crippen molar-refractivity contribution in [1.82, 2.24) is 5.32 Å². The third-order valence-corrected chi connectivity index (χ3v) is 6.89. The van der Waals surface area contributed by atoms with Crippen LogP contribution in [0.25, 0.3) is 0 Å². The molecule has 2 aromatic rings. The quantitative estimate of drug-likeness (QED) is 0.732. The van der Waals surface area contributed by atoms with Gasteiger partial charge < -0.3 is 10.1 Å². The van der Waals surface area contributed by atoms with E-state index in [9.17, 15) is 18.0 Å². The highest BCUT2D eigenvalue weighted by atomic mass is 32.2. The number of fused-ring (bicyclic) bond motifs is 1. The van der Waals surface area contributed by atoms with Crippen molar-refractivity contribution in [3.05, 3.63) is 59.7 Å². The van der Waals surface area contributed by atoms with Gasteiger partial charge in [0.25, 0.3) is 15.9 Å². The lowest BCUT2D eigenvalue weighted by Crippen LogP contribution is -2.37. The molecule has 2 aliphatic rings. The number of para-hydroxylation sites is 1. The van der Waals surface area contributed by atoms with E-state index in [1.54, 1.807) is 12.1 Å². The summed E-state index contributed by atoms with van der Waals surface area (Å²) in [5.74, 6) is -1.08. The number of ether oxygens (including phenoxy) is 1. The van der Waals surface area contributed by atoms with Crippen molar-refractivity contribution in [3.63, 3.8) is 0 Å².